The van der Waals surface area contributed by atoms with Gasteiger partial charge in [0.1, 0.15) is 11.3 Å². The van der Waals surface area contributed by atoms with Gasteiger partial charge in [0.2, 0.25) is 5.91 Å². The zero-order chi connectivity index (χ0) is 29.6. The van der Waals surface area contributed by atoms with Gasteiger partial charge in [-0.3, -0.25) is 4.79 Å². The van der Waals surface area contributed by atoms with Crippen molar-refractivity contribution in [3.63, 3.8) is 0 Å². The van der Waals surface area contributed by atoms with Crippen molar-refractivity contribution in [3.05, 3.63) is 23.8 Å². The minimum atomic E-state index is -5.29. The fraction of sp³-hybridized carbons (Fsp3) is 0.609. The van der Waals surface area contributed by atoms with Crippen LogP contribution < -0.4 is 10.1 Å². The Balaban J connectivity index is 1.93. The van der Waals surface area contributed by atoms with Gasteiger partial charge in [-0.25, -0.2) is 13.2 Å². The predicted molar refractivity (Wildman–Crippen MR) is 121 cm³/mol. The quantitative estimate of drug-likeness (QED) is 0.497. The van der Waals surface area contributed by atoms with Gasteiger partial charge in [0, 0.05) is 18.4 Å². The Morgan fingerprint density at radius 3 is 2.26 bits per heavy atom. The minimum Gasteiger partial charge on any atom is -0.484 e. The second-order valence-corrected chi connectivity index (χ2v) is 12.5. The maximum atomic E-state index is 13.8. The van der Waals surface area contributed by atoms with E-state index in [-0.39, 0.29) is 6.07 Å². The van der Waals surface area contributed by atoms with E-state index in [1.165, 1.54) is 20.8 Å². The number of nitriles is 1. The topological polar surface area (TPSA) is 126 Å². The molecule has 1 heterocycles. The van der Waals surface area contributed by atoms with Crippen LogP contribution in [0.1, 0.15) is 45.6 Å². The smallest absolute Gasteiger partial charge is 0.422 e. The van der Waals surface area contributed by atoms with Crippen molar-refractivity contribution < 1.29 is 53.8 Å². The van der Waals surface area contributed by atoms with Crippen LogP contribution in [0, 0.1) is 16.7 Å². The summed E-state index contributed by atoms with van der Waals surface area (Å²) < 4.78 is 115. The number of likely N-dealkylation sites (tertiary alicyclic amines) is 1. The molecule has 2 fully saturated rings. The monoisotopic (exact) mass is 585 g/mol. The first-order valence-electron chi connectivity index (χ1n) is 11.5. The van der Waals surface area contributed by atoms with Crippen molar-refractivity contribution in [1.29, 1.82) is 5.26 Å². The molecule has 0 spiro atoms. The molecular formula is C23H25F6N3O6S. The van der Waals surface area contributed by atoms with E-state index in [1.807, 2.05) is 6.07 Å². The number of benzene rings is 1. The van der Waals surface area contributed by atoms with Crippen molar-refractivity contribution in [3.8, 4) is 11.8 Å². The summed E-state index contributed by atoms with van der Waals surface area (Å²) in [7, 11) is -4.88. The van der Waals surface area contributed by atoms with Crippen LogP contribution in [0.15, 0.2) is 23.1 Å². The molecule has 2 aliphatic rings. The normalized spacial score (nSPS) is 21.2. The number of nitrogens with zero attached hydrogens (tertiary/aromatic N) is 2. The van der Waals surface area contributed by atoms with E-state index >= 15 is 0 Å². The lowest BCUT2D eigenvalue weighted by Crippen LogP contribution is -2.47. The Kier molecular flexibility index (Phi) is 7.83. The predicted octanol–water partition coefficient (Wildman–Crippen LogP) is 4.18. The number of nitrogens with one attached hydrogen (secondary N) is 1. The third kappa shape index (κ3) is 7.06. The Morgan fingerprint density at radius 1 is 1.15 bits per heavy atom. The molecule has 1 aliphatic carbocycles. The largest absolute Gasteiger partial charge is 0.484 e. The average molecular weight is 586 g/mol. The van der Waals surface area contributed by atoms with Crippen LogP contribution in [-0.2, 0) is 25.5 Å². The van der Waals surface area contributed by atoms with Crippen LogP contribution in [-0.4, -0.2) is 61.7 Å². The summed E-state index contributed by atoms with van der Waals surface area (Å²) in [4.78, 5) is 25.1. The summed E-state index contributed by atoms with van der Waals surface area (Å²) >= 11 is 0. The van der Waals surface area contributed by atoms with E-state index in [0.29, 0.717) is 25.0 Å². The number of ether oxygens (including phenoxy) is 2. The molecule has 0 bridgehead atoms. The maximum absolute atomic E-state index is 13.8. The van der Waals surface area contributed by atoms with Crippen molar-refractivity contribution in [2.24, 2.45) is 5.41 Å². The number of alkyl halides is 6. The van der Waals surface area contributed by atoms with E-state index in [1.54, 1.807) is 0 Å². The number of amides is 2. The summed E-state index contributed by atoms with van der Waals surface area (Å²) in [5, 5.41) is 9.83. The highest BCUT2D eigenvalue weighted by Crippen LogP contribution is 2.41. The number of hydrogen-bond acceptors (Lipinski definition) is 7. The lowest BCUT2D eigenvalue weighted by molar-refractivity contribution is -0.153. The number of halogens is 6. The molecule has 3 rings (SSSR count). The van der Waals surface area contributed by atoms with E-state index < -0.39 is 92.4 Å². The molecule has 216 valence electrons. The molecule has 1 aromatic rings. The van der Waals surface area contributed by atoms with E-state index in [2.05, 4.69) is 10.1 Å². The maximum Gasteiger partial charge on any atom is 0.422 e. The molecule has 0 radical (unpaired) electrons. The molecule has 1 saturated carbocycles. The zero-order valence-electron chi connectivity index (χ0n) is 20.9. The molecule has 1 aliphatic heterocycles. The first kappa shape index (κ1) is 30.3. The van der Waals surface area contributed by atoms with Gasteiger partial charge in [0.25, 0.3) is 0 Å². The van der Waals surface area contributed by atoms with Crippen LogP contribution in [0.2, 0.25) is 0 Å². The van der Waals surface area contributed by atoms with Crippen molar-refractivity contribution in [1.82, 2.24) is 10.2 Å². The molecule has 2 atom stereocenters. The second-order valence-electron chi connectivity index (χ2n) is 10.3. The van der Waals surface area contributed by atoms with Gasteiger partial charge in [0.05, 0.1) is 21.8 Å². The van der Waals surface area contributed by atoms with Gasteiger partial charge in [-0.1, -0.05) is 20.8 Å². The average Bonchev–Trinajstić information content (AvgIpc) is 3.44. The minimum absolute atomic E-state index is 0.157. The van der Waals surface area contributed by atoms with Gasteiger partial charge in [-0.05, 0) is 31.0 Å². The Morgan fingerprint density at radius 2 is 1.77 bits per heavy atom. The molecular weight excluding hydrogens is 560 g/mol. The van der Waals surface area contributed by atoms with E-state index in [9.17, 15) is 44.3 Å². The van der Waals surface area contributed by atoms with Gasteiger partial charge >= 0.3 is 18.4 Å². The van der Waals surface area contributed by atoms with Gasteiger partial charge in [-0.15, -0.1) is 0 Å². The Hall–Kier alpha value is -3.22. The summed E-state index contributed by atoms with van der Waals surface area (Å²) in [5.41, 5.74) is -3.98. The van der Waals surface area contributed by atoms with Gasteiger partial charge in [0.15, 0.2) is 22.7 Å². The highest BCUT2D eigenvalue weighted by Gasteiger charge is 2.50. The van der Waals surface area contributed by atoms with Crippen molar-refractivity contribution >= 4 is 21.8 Å². The summed E-state index contributed by atoms with van der Waals surface area (Å²) in [6, 6.07) is 3.21. The Labute approximate surface area is 219 Å². The van der Waals surface area contributed by atoms with Crippen LogP contribution in [0.3, 0.4) is 0 Å². The first-order chi connectivity index (χ1) is 17.7. The molecule has 39 heavy (non-hydrogen) atoms. The number of carbonyl (C=O) groups is 2. The van der Waals surface area contributed by atoms with Gasteiger partial charge in [-0.2, -0.15) is 31.6 Å². The van der Waals surface area contributed by atoms with E-state index in [4.69, 9.17) is 10.00 Å². The third-order valence-electron chi connectivity index (χ3n) is 6.07. The van der Waals surface area contributed by atoms with Gasteiger partial charge < -0.3 is 19.7 Å². The van der Waals surface area contributed by atoms with Crippen LogP contribution in [0.25, 0.3) is 0 Å². The molecule has 1 N–H and O–H groups in total. The molecule has 9 nitrogen and oxygen atoms in total. The number of carbonyl (C=O) groups excluding carboxylic acids is 2. The summed E-state index contributed by atoms with van der Waals surface area (Å²) in [6.07, 6.45) is -12.6. The molecule has 1 aromatic carbocycles. The SMILES string of the molecule is CC(C)(C)C(=O)N1C[C@H](S(=O)(=O)c2ccc(OCC(F)(F)F)cc2C(F)(F)F)C[C@@H]1OC(=O)NC1(C#N)CC1. The molecule has 0 unspecified atom stereocenters. The summed E-state index contributed by atoms with van der Waals surface area (Å²) in [6.45, 7) is 2.00. The Bertz CT molecular complexity index is 1280. The highest BCUT2D eigenvalue weighted by molar-refractivity contribution is 7.92. The molecule has 16 heteroatoms. The number of alkyl carbamates (subject to hydrolysis) is 1. The zero-order valence-corrected chi connectivity index (χ0v) is 21.8. The number of rotatable bonds is 6. The number of hydrogen-bond donors (Lipinski definition) is 1. The standard InChI is InChI=1S/C23H25F6N3O6S/c1-20(2,3)18(33)32-10-14(9-17(32)38-19(34)31-21(11-30)6-7-21)39(35,36)16-5-4-13(37-12-22(24,25)26)8-15(16)23(27,28)29/h4-5,8,14,17H,6-7,9-10,12H2,1-3H3,(H,31,34)/t14-,17+/m1/s1. The first-order valence-corrected chi connectivity index (χ1v) is 13.1. The number of sulfone groups is 1. The van der Waals surface area contributed by atoms with Crippen molar-refractivity contribution in [2.45, 2.75) is 74.3 Å². The third-order valence-corrected chi connectivity index (χ3v) is 8.26. The lowest BCUT2D eigenvalue weighted by atomic mass is 9.95. The fourth-order valence-corrected chi connectivity index (χ4v) is 5.77. The highest BCUT2D eigenvalue weighted by atomic mass is 32.2. The van der Waals surface area contributed by atoms with Crippen molar-refractivity contribution in [2.75, 3.05) is 13.2 Å². The molecule has 2 amide bonds. The lowest BCUT2D eigenvalue weighted by Gasteiger charge is -2.30. The van der Waals surface area contributed by atoms with Crippen LogP contribution >= 0.6 is 0 Å². The molecule has 0 aromatic heterocycles. The fourth-order valence-electron chi connectivity index (χ4n) is 3.90. The van der Waals surface area contributed by atoms with E-state index in [0.717, 1.165) is 4.90 Å². The second kappa shape index (κ2) is 10.1. The molecule has 1 saturated heterocycles. The van der Waals surface area contributed by atoms with Crippen LogP contribution in [0.5, 0.6) is 5.75 Å². The van der Waals surface area contributed by atoms with Crippen LogP contribution in [0.4, 0.5) is 31.1 Å². The summed E-state index contributed by atoms with van der Waals surface area (Å²) in [5.74, 6) is -1.50.